The van der Waals surface area contributed by atoms with Crippen molar-refractivity contribution in [1.29, 1.82) is 0 Å². The van der Waals surface area contributed by atoms with Crippen LogP contribution in [0, 0.1) is 5.82 Å². The van der Waals surface area contributed by atoms with E-state index in [1.54, 1.807) is 12.1 Å². The van der Waals surface area contributed by atoms with Gasteiger partial charge in [-0.15, -0.1) is 0 Å². The van der Waals surface area contributed by atoms with Gasteiger partial charge in [0.05, 0.1) is 13.2 Å². The minimum atomic E-state index is -0.374. The molecule has 0 aliphatic heterocycles. The van der Waals surface area contributed by atoms with E-state index < -0.39 is 0 Å². The number of halogens is 1. The highest BCUT2D eigenvalue weighted by Crippen LogP contribution is 2.27. The van der Waals surface area contributed by atoms with Crippen molar-refractivity contribution < 1.29 is 9.13 Å². The fraction of sp³-hybridized carbons (Fsp3) is 0.333. The predicted octanol–water partition coefficient (Wildman–Crippen LogP) is 4.40. The molecule has 3 heteroatoms. The molecular weight excluding hydrogens is 265 g/mol. The van der Waals surface area contributed by atoms with Gasteiger partial charge in [0.1, 0.15) is 0 Å². The molecule has 0 fully saturated rings. The van der Waals surface area contributed by atoms with Crippen LogP contribution in [0.15, 0.2) is 42.5 Å². The summed E-state index contributed by atoms with van der Waals surface area (Å²) < 4.78 is 18.5. The third-order valence-corrected chi connectivity index (χ3v) is 4.01. The molecule has 2 atom stereocenters. The molecule has 2 aromatic carbocycles. The Labute approximate surface area is 125 Å². The van der Waals surface area contributed by atoms with Gasteiger partial charge in [0.25, 0.3) is 0 Å². The number of hydrogen-bond acceptors (Lipinski definition) is 2. The third kappa shape index (κ3) is 3.42. The van der Waals surface area contributed by atoms with E-state index in [1.165, 1.54) is 18.7 Å². The summed E-state index contributed by atoms with van der Waals surface area (Å²) in [5.41, 5.74) is 9.43. The Kier molecular flexibility index (Phi) is 4.97. The standard InChI is InChI=1S/C18H22FNO/c1-4-12(2)13-5-7-14(8-6-13)18(20)15-9-10-16(19)17(11-15)21-3/h5-12,18H,4,20H2,1-3H3. The lowest BCUT2D eigenvalue weighted by molar-refractivity contribution is 0.385. The molecule has 0 spiro atoms. The lowest BCUT2D eigenvalue weighted by atomic mass is 9.94. The first-order valence-corrected chi connectivity index (χ1v) is 7.25. The molecule has 0 bridgehead atoms. The van der Waals surface area contributed by atoms with Gasteiger partial charge in [-0.25, -0.2) is 4.39 Å². The second-order valence-electron chi connectivity index (χ2n) is 5.35. The topological polar surface area (TPSA) is 35.2 Å². The second kappa shape index (κ2) is 6.72. The van der Waals surface area contributed by atoms with Gasteiger partial charge in [0, 0.05) is 0 Å². The summed E-state index contributed by atoms with van der Waals surface area (Å²) in [4.78, 5) is 0. The summed E-state index contributed by atoms with van der Waals surface area (Å²) in [6, 6.07) is 12.8. The van der Waals surface area contributed by atoms with E-state index in [4.69, 9.17) is 10.5 Å². The van der Waals surface area contributed by atoms with E-state index >= 15 is 0 Å². The van der Waals surface area contributed by atoms with Crippen molar-refractivity contribution in [1.82, 2.24) is 0 Å². The largest absolute Gasteiger partial charge is 0.494 e. The van der Waals surface area contributed by atoms with Crippen LogP contribution in [0.1, 0.15) is 48.9 Å². The molecule has 0 heterocycles. The summed E-state index contributed by atoms with van der Waals surface area (Å²) >= 11 is 0. The van der Waals surface area contributed by atoms with Gasteiger partial charge < -0.3 is 10.5 Å². The van der Waals surface area contributed by atoms with Gasteiger partial charge in [-0.05, 0) is 41.2 Å². The van der Waals surface area contributed by atoms with Crippen molar-refractivity contribution in [2.45, 2.75) is 32.2 Å². The molecule has 21 heavy (non-hydrogen) atoms. The monoisotopic (exact) mass is 287 g/mol. The smallest absolute Gasteiger partial charge is 0.165 e. The van der Waals surface area contributed by atoms with Crippen LogP contribution in [-0.4, -0.2) is 7.11 Å². The SMILES string of the molecule is CCC(C)c1ccc(C(N)c2ccc(F)c(OC)c2)cc1. The zero-order chi connectivity index (χ0) is 15.4. The van der Waals surface area contributed by atoms with Crippen LogP contribution in [-0.2, 0) is 0 Å². The molecule has 2 N–H and O–H groups in total. The average Bonchev–Trinajstić information content (AvgIpc) is 2.54. The van der Waals surface area contributed by atoms with Gasteiger partial charge in [0.2, 0.25) is 0 Å². The lowest BCUT2D eigenvalue weighted by Crippen LogP contribution is -2.12. The molecule has 2 rings (SSSR count). The highest BCUT2D eigenvalue weighted by molar-refractivity contribution is 5.38. The van der Waals surface area contributed by atoms with Crippen LogP contribution in [0.3, 0.4) is 0 Å². The lowest BCUT2D eigenvalue weighted by Gasteiger charge is -2.16. The second-order valence-corrected chi connectivity index (χ2v) is 5.35. The van der Waals surface area contributed by atoms with Crippen molar-refractivity contribution in [3.05, 3.63) is 65.0 Å². The molecular formula is C18H22FNO. The maximum atomic E-state index is 13.5. The number of ether oxygens (including phenoxy) is 1. The fourth-order valence-electron chi connectivity index (χ4n) is 2.33. The van der Waals surface area contributed by atoms with Crippen LogP contribution in [0.25, 0.3) is 0 Å². The predicted molar refractivity (Wildman–Crippen MR) is 84.1 cm³/mol. The maximum absolute atomic E-state index is 13.5. The van der Waals surface area contributed by atoms with Crippen molar-refractivity contribution in [3.8, 4) is 5.75 Å². The van der Waals surface area contributed by atoms with Crippen molar-refractivity contribution in [2.75, 3.05) is 7.11 Å². The molecule has 0 amide bonds. The van der Waals surface area contributed by atoms with Crippen LogP contribution in [0.2, 0.25) is 0 Å². The zero-order valence-corrected chi connectivity index (χ0v) is 12.8. The Morgan fingerprint density at radius 3 is 2.19 bits per heavy atom. The minimum absolute atomic E-state index is 0.221. The summed E-state index contributed by atoms with van der Waals surface area (Å²) in [6.45, 7) is 4.38. The molecule has 2 aromatic rings. The minimum Gasteiger partial charge on any atom is -0.494 e. The van der Waals surface area contributed by atoms with Gasteiger partial charge in [0.15, 0.2) is 11.6 Å². The van der Waals surface area contributed by atoms with Crippen LogP contribution >= 0.6 is 0 Å². The van der Waals surface area contributed by atoms with E-state index in [0.717, 1.165) is 17.5 Å². The van der Waals surface area contributed by atoms with Crippen LogP contribution in [0.5, 0.6) is 5.75 Å². The number of benzene rings is 2. The maximum Gasteiger partial charge on any atom is 0.165 e. The van der Waals surface area contributed by atoms with Crippen LogP contribution in [0.4, 0.5) is 4.39 Å². The summed E-state index contributed by atoms with van der Waals surface area (Å²) in [7, 11) is 1.45. The van der Waals surface area contributed by atoms with Crippen LogP contribution < -0.4 is 10.5 Å². The molecule has 0 radical (unpaired) electrons. The van der Waals surface area contributed by atoms with Gasteiger partial charge >= 0.3 is 0 Å². The van der Waals surface area contributed by atoms with Gasteiger partial charge in [-0.2, -0.15) is 0 Å². The van der Waals surface area contributed by atoms with E-state index in [2.05, 4.69) is 26.0 Å². The van der Waals surface area contributed by atoms with Gasteiger partial charge in [-0.1, -0.05) is 44.2 Å². The molecule has 2 nitrogen and oxygen atoms in total. The van der Waals surface area contributed by atoms with Crippen molar-refractivity contribution >= 4 is 0 Å². The Balaban J connectivity index is 2.25. The first kappa shape index (κ1) is 15.5. The molecule has 0 saturated carbocycles. The van der Waals surface area contributed by atoms with Crippen molar-refractivity contribution in [2.24, 2.45) is 5.73 Å². The average molecular weight is 287 g/mol. The molecule has 0 aliphatic rings. The summed E-state index contributed by atoms with van der Waals surface area (Å²) in [6.07, 6.45) is 1.11. The highest BCUT2D eigenvalue weighted by Gasteiger charge is 2.12. The quantitative estimate of drug-likeness (QED) is 0.884. The molecule has 2 unspecified atom stereocenters. The molecule has 0 saturated heterocycles. The third-order valence-electron chi connectivity index (χ3n) is 4.01. The van der Waals surface area contributed by atoms with Crippen molar-refractivity contribution in [3.63, 3.8) is 0 Å². The number of hydrogen-bond donors (Lipinski definition) is 1. The molecule has 0 aliphatic carbocycles. The number of nitrogens with two attached hydrogens (primary N) is 1. The van der Waals surface area contributed by atoms with E-state index in [1.807, 2.05) is 12.1 Å². The fourth-order valence-corrected chi connectivity index (χ4v) is 2.33. The molecule has 112 valence electrons. The summed E-state index contributed by atoms with van der Waals surface area (Å²) in [5.74, 6) is 0.390. The Bertz CT molecular complexity index is 595. The first-order chi connectivity index (χ1) is 10.1. The van der Waals surface area contributed by atoms with Gasteiger partial charge in [-0.3, -0.25) is 0 Å². The first-order valence-electron chi connectivity index (χ1n) is 7.25. The highest BCUT2D eigenvalue weighted by atomic mass is 19.1. The normalized spacial score (nSPS) is 13.8. The van der Waals surface area contributed by atoms with E-state index in [-0.39, 0.29) is 17.6 Å². The Hall–Kier alpha value is -1.87. The summed E-state index contributed by atoms with van der Waals surface area (Å²) in [5, 5.41) is 0. The zero-order valence-electron chi connectivity index (χ0n) is 12.8. The molecule has 0 aromatic heterocycles. The number of rotatable bonds is 5. The Morgan fingerprint density at radius 2 is 1.62 bits per heavy atom. The Morgan fingerprint density at radius 1 is 1.05 bits per heavy atom. The van der Waals surface area contributed by atoms with E-state index in [0.29, 0.717) is 5.92 Å². The van der Waals surface area contributed by atoms with E-state index in [9.17, 15) is 4.39 Å². The number of methoxy groups -OCH3 is 1.